The predicted octanol–water partition coefficient (Wildman–Crippen LogP) is 3.15. The lowest BCUT2D eigenvalue weighted by atomic mass is 10.2. The van der Waals surface area contributed by atoms with E-state index in [0.29, 0.717) is 10.7 Å². The van der Waals surface area contributed by atoms with Gasteiger partial charge in [-0.2, -0.15) is 5.26 Å². The van der Waals surface area contributed by atoms with Crippen molar-refractivity contribution >= 4 is 27.3 Å². The van der Waals surface area contributed by atoms with E-state index < -0.39 is 15.8 Å². The van der Waals surface area contributed by atoms with Gasteiger partial charge in [0.15, 0.2) is 0 Å². The summed E-state index contributed by atoms with van der Waals surface area (Å²) in [7, 11) is -3.89. The Balaban J connectivity index is 2.36. The third-order valence-electron chi connectivity index (χ3n) is 2.47. The van der Waals surface area contributed by atoms with Crippen molar-refractivity contribution in [2.45, 2.75) is 4.90 Å². The fraction of sp³-hybridized carbons (Fsp3) is 0. The number of nitriles is 1. The molecular formula is C13H8ClFN2O2S. The molecule has 0 saturated heterocycles. The molecule has 0 amide bonds. The number of hydrogen-bond donors (Lipinski definition) is 1. The second-order valence-electron chi connectivity index (χ2n) is 3.87. The number of sulfonamides is 1. The second kappa shape index (κ2) is 5.49. The van der Waals surface area contributed by atoms with Crippen LogP contribution >= 0.6 is 11.6 Å². The first kappa shape index (κ1) is 14.3. The van der Waals surface area contributed by atoms with E-state index in [1.165, 1.54) is 24.3 Å². The van der Waals surface area contributed by atoms with Gasteiger partial charge in [0, 0.05) is 10.7 Å². The van der Waals surface area contributed by atoms with E-state index in [0.717, 1.165) is 18.2 Å². The predicted molar refractivity (Wildman–Crippen MR) is 73.4 cm³/mol. The van der Waals surface area contributed by atoms with E-state index in [-0.39, 0.29) is 10.5 Å². The zero-order valence-electron chi connectivity index (χ0n) is 9.97. The summed E-state index contributed by atoms with van der Waals surface area (Å²) in [5.41, 5.74) is -0.0128. The molecule has 7 heteroatoms. The Hall–Kier alpha value is -2.10. The van der Waals surface area contributed by atoms with Crippen molar-refractivity contribution in [1.29, 1.82) is 5.26 Å². The summed E-state index contributed by atoms with van der Waals surface area (Å²) in [5.74, 6) is -0.766. The number of benzene rings is 2. The molecule has 0 aliphatic carbocycles. The maximum Gasteiger partial charge on any atom is 0.261 e. The van der Waals surface area contributed by atoms with Crippen LogP contribution in [0.4, 0.5) is 10.1 Å². The highest BCUT2D eigenvalue weighted by atomic mass is 35.5. The van der Waals surface area contributed by atoms with Crippen LogP contribution in [0.5, 0.6) is 0 Å². The van der Waals surface area contributed by atoms with Gasteiger partial charge in [-0.3, -0.25) is 4.72 Å². The Morgan fingerprint density at radius 2 is 1.80 bits per heavy atom. The van der Waals surface area contributed by atoms with Gasteiger partial charge in [-0.25, -0.2) is 12.8 Å². The number of halogens is 2. The average molecular weight is 311 g/mol. The lowest BCUT2D eigenvalue weighted by molar-refractivity contribution is 0.599. The van der Waals surface area contributed by atoms with Gasteiger partial charge >= 0.3 is 0 Å². The molecule has 2 aromatic carbocycles. The van der Waals surface area contributed by atoms with E-state index in [4.69, 9.17) is 16.9 Å². The number of anilines is 1. The summed E-state index contributed by atoms with van der Waals surface area (Å²) in [6, 6.07) is 10.7. The lowest BCUT2D eigenvalue weighted by Crippen LogP contribution is -2.13. The minimum absolute atomic E-state index is 0.189. The van der Waals surface area contributed by atoms with E-state index >= 15 is 0 Å². The van der Waals surface area contributed by atoms with E-state index in [1.54, 1.807) is 6.07 Å². The Bertz CT molecular complexity index is 783. The van der Waals surface area contributed by atoms with Crippen LogP contribution in [-0.4, -0.2) is 8.42 Å². The number of nitrogens with one attached hydrogen (secondary N) is 1. The highest BCUT2D eigenvalue weighted by molar-refractivity contribution is 7.92. The molecule has 2 rings (SSSR count). The molecule has 102 valence electrons. The van der Waals surface area contributed by atoms with Crippen LogP contribution in [0.1, 0.15) is 5.56 Å². The van der Waals surface area contributed by atoms with Crippen LogP contribution in [0.15, 0.2) is 47.4 Å². The molecule has 0 heterocycles. The largest absolute Gasteiger partial charge is 0.280 e. The van der Waals surface area contributed by atoms with Crippen LogP contribution in [-0.2, 0) is 10.0 Å². The van der Waals surface area contributed by atoms with Gasteiger partial charge in [0.25, 0.3) is 10.0 Å². The Kier molecular flexibility index (Phi) is 3.93. The number of rotatable bonds is 3. The van der Waals surface area contributed by atoms with Crippen LogP contribution in [0.3, 0.4) is 0 Å². The molecule has 0 unspecified atom stereocenters. The molecule has 0 fully saturated rings. The standard InChI is InChI=1S/C13H8ClFN2O2S/c14-10-1-3-11(4-2-10)17-20(18,19)12-5-6-13(15)9(7-12)8-16/h1-7,17H. The number of hydrogen-bond acceptors (Lipinski definition) is 3. The summed E-state index contributed by atoms with van der Waals surface area (Å²) in [4.78, 5) is -0.189. The second-order valence-corrected chi connectivity index (χ2v) is 5.98. The molecule has 0 saturated carbocycles. The monoisotopic (exact) mass is 310 g/mol. The smallest absolute Gasteiger partial charge is 0.261 e. The zero-order chi connectivity index (χ0) is 14.8. The molecule has 0 spiro atoms. The topological polar surface area (TPSA) is 70.0 Å². The molecule has 4 nitrogen and oxygen atoms in total. The first-order valence-electron chi connectivity index (χ1n) is 5.40. The highest BCUT2D eigenvalue weighted by Gasteiger charge is 2.16. The van der Waals surface area contributed by atoms with Crippen LogP contribution in [0.2, 0.25) is 5.02 Å². The fourth-order valence-corrected chi connectivity index (χ4v) is 2.70. The first-order valence-corrected chi connectivity index (χ1v) is 7.26. The summed E-state index contributed by atoms with van der Waals surface area (Å²) in [6.07, 6.45) is 0. The molecule has 2 aromatic rings. The van der Waals surface area contributed by atoms with Crippen LogP contribution < -0.4 is 4.72 Å². The minimum atomic E-state index is -3.89. The fourth-order valence-electron chi connectivity index (χ4n) is 1.49. The lowest BCUT2D eigenvalue weighted by Gasteiger charge is -2.08. The summed E-state index contributed by atoms with van der Waals surface area (Å²) >= 11 is 5.70. The average Bonchev–Trinajstić information content (AvgIpc) is 2.41. The van der Waals surface area contributed by atoms with Gasteiger partial charge in [-0.15, -0.1) is 0 Å². The molecule has 1 N–H and O–H groups in total. The zero-order valence-corrected chi connectivity index (χ0v) is 11.5. The van der Waals surface area contributed by atoms with Crippen molar-refractivity contribution < 1.29 is 12.8 Å². The molecule has 0 bridgehead atoms. The Morgan fingerprint density at radius 1 is 1.15 bits per heavy atom. The van der Waals surface area contributed by atoms with Gasteiger partial charge in [-0.1, -0.05) is 11.6 Å². The Labute approximate surface area is 120 Å². The van der Waals surface area contributed by atoms with Crippen LogP contribution in [0, 0.1) is 17.1 Å². The Morgan fingerprint density at radius 3 is 2.40 bits per heavy atom. The summed E-state index contributed by atoms with van der Waals surface area (Å²) < 4.78 is 39.7. The van der Waals surface area contributed by atoms with Gasteiger partial charge in [0.1, 0.15) is 11.9 Å². The van der Waals surface area contributed by atoms with Gasteiger partial charge in [0.05, 0.1) is 10.5 Å². The van der Waals surface area contributed by atoms with Gasteiger partial charge in [-0.05, 0) is 42.5 Å². The molecular weight excluding hydrogens is 303 g/mol. The van der Waals surface area contributed by atoms with Gasteiger partial charge in [0.2, 0.25) is 0 Å². The highest BCUT2D eigenvalue weighted by Crippen LogP contribution is 2.20. The van der Waals surface area contributed by atoms with Crippen LogP contribution in [0.25, 0.3) is 0 Å². The maximum absolute atomic E-state index is 13.2. The van der Waals surface area contributed by atoms with Crippen molar-refractivity contribution in [3.63, 3.8) is 0 Å². The summed E-state index contributed by atoms with van der Waals surface area (Å²) in [5, 5.41) is 9.18. The van der Waals surface area contributed by atoms with Gasteiger partial charge < -0.3 is 0 Å². The number of nitrogens with zero attached hydrogens (tertiary/aromatic N) is 1. The SMILES string of the molecule is N#Cc1cc(S(=O)(=O)Nc2ccc(Cl)cc2)ccc1F. The normalized spacial score (nSPS) is 10.8. The molecule has 20 heavy (non-hydrogen) atoms. The first-order chi connectivity index (χ1) is 9.42. The third kappa shape index (κ3) is 3.07. The van der Waals surface area contributed by atoms with Crippen molar-refractivity contribution in [3.05, 3.63) is 58.9 Å². The molecule has 0 radical (unpaired) electrons. The van der Waals surface area contributed by atoms with Crippen molar-refractivity contribution in [2.75, 3.05) is 4.72 Å². The van der Waals surface area contributed by atoms with E-state index in [1.807, 2.05) is 0 Å². The molecule has 0 aliphatic rings. The third-order valence-corrected chi connectivity index (χ3v) is 4.10. The molecule has 0 atom stereocenters. The van der Waals surface area contributed by atoms with Crippen molar-refractivity contribution in [3.8, 4) is 6.07 Å². The van der Waals surface area contributed by atoms with Crippen molar-refractivity contribution in [1.82, 2.24) is 0 Å². The summed E-state index contributed by atoms with van der Waals surface area (Å²) in [6.45, 7) is 0. The van der Waals surface area contributed by atoms with Crippen molar-refractivity contribution in [2.24, 2.45) is 0 Å². The molecule has 0 aromatic heterocycles. The minimum Gasteiger partial charge on any atom is -0.280 e. The molecule has 0 aliphatic heterocycles. The van der Waals surface area contributed by atoms with E-state index in [9.17, 15) is 12.8 Å². The maximum atomic E-state index is 13.2. The quantitative estimate of drug-likeness (QED) is 0.946. The van der Waals surface area contributed by atoms with E-state index in [2.05, 4.69) is 4.72 Å².